The Kier molecular flexibility index (Phi) is 2.53. The van der Waals surface area contributed by atoms with Crippen molar-refractivity contribution in [2.24, 2.45) is 0 Å². The Morgan fingerprint density at radius 2 is 2.43 bits per heavy atom. The Bertz CT molecular complexity index is 500. The fraction of sp³-hybridized carbons (Fsp3) is 0.111. The highest BCUT2D eigenvalue weighted by Crippen LogP contribution is 2.32. The van der Waals surface area contributed by atoms with Crippen molar-refractivity contribution in [1.82, 2.24) is 9.97 Å². The molecule has 0 spiro atoms. The van der Waals surface area contributed by atoms with E-state index in [9.17, 15) is 0 Å². The van der Waals surface area contributed by atoms with Crippen molar-refractivity contribution in [2.75, 3.05) is 11.9 Å². The van der Waals surface area contributed by atoms with Gasteiger partial charge in [0.15, 0.2) is 0 Å². The van der Waals surface area contributed by atoms with Gasteiger partial charge in [-0.05, 0) is 0 Å². The minimum atomic E-state index is 0.429. The minimum Gasteiger partial charge on any atom is -0.358 e. The zero-order chi connectivity index (χ0) is 9.97. The van der Waals surface area contributed by atoms with Gasteiger partial charge in [0.25, 0.3) is 0 Å². The average molecular weight is 224 g/mol. The molecule has 0 aliphatic heterocycles. The highest BCUT2D eigenvalue weighted by molar-refractivity contribution is 7.17. The first-order chi connectivity index (χ1) is 6.83. The lowest BCUT2D eigenvalue weighted by atomic mass is 10.4. The van der Waals surface area contributed by atoms with E-state index >= 15 is 0 Å². The van der Waals surface area contributed by atoms with Crippen molar-refractivity contribution in [1.29, 1.82) is 0 Å². The van der Waals surface area contributed by atoms with Gasteiger partial charge >= 0.3 is 0 Å². The van der Waals surface area contributed by atoms with Crippen LogP contribution in [0.1, 0.15) is 0 Å². The molecule has 2 aromatic heterocycles. The molecule has 0 atom stereocenters. The third-order valence-electron chi connectivity index (χ3n) is 1.68. The number of nitrogens with one attached hydrogen (secondary N) is 1. The Labute approximate surface area is 90.1 Å². The Morgan fingerprint density at radius 1 is 1.57 bits per heavy atom. The van der Waals surface area contributed by atoms with Gasteiger partial charge in [0, 0.05) is 5.38 Å². The molecule has 70 valence electrons. The third kappa shape index (κ3) is 1.52. The summed E-state index contributed by atoms with van der Waals surface area (Å²) in [6.45, 7) is 0.429. The number of terminal acetylenes is 1. The van der Waals surface area contributed by atoms with Gasteiger partial charge in [-0.25, -0.2) is 9.97 Å². The minimum absolute atomic E-state index is 0.429. The highest BCUT2D eigenvalue weighted by Gasteiger charge is 2.08. The molecule has 0 fully saturated rings. The molecule has 0 amide bonds. The first-order valence-electron chi connectivity index (χ1n) is 3.88. The summed E-state index contributed by atoms with van der Waals surface area (Å²) >= 11 is 7.48. The Hall–Kier alpha value is -1.31. The zero-order valence-electron chi connectivity index (χ0n) is 7.12. The normalized spacial score (nSPS) is 10.0. The predicted octanol–water partition coefficient (Wildman–Crippen LogP) is 2.39. The lowest BCUT2D eigenvalue weighted by Gasteiger charge is -2.01. The largest absolute Gasteiger partial charge is 0.358 e. The van der Waals surface area contributed by atoms with E-state index in [0.29, 0.717) is 17.4 Å². The van der Waals surface area contributed by atoms with Crippen molar-refractivity contribution in [3.8, 4) is 12.3 Å². The maximum absolute atomic E-state index is 6.00. The first-order valence-corrected chi connectivity index (χ1v) is 5.13. The van der Waals surface area contributed by atoms with Crippen LogP contribution in [0.3, 0.4) is 0 Å². The van der Waals surface area contributed by atoms with E-state index in [1.165, 1.54) is 17.7 Å². The average Bonchev–Trinajstić information content (AvgIpc) is 2.58. The van der Waals surface area contributed by atoms with E-state index in [-0.39, 0.29) is 0 Å². The van der Waals surface area contributed by atoms with Gasteiger partial charge in [0.1, 0.15) is 17.0 Å². The van der Waals surface area contributed by atoms with Crippen LogP contribution in [0.4, 0.5) is 5.82 Å². The first kappa shape index (κ1) is 9.25. The molecule has 2 aromatic rings. The van der Waals surface area contributed by atoms with Crippen LogP contribution in [0.25, 0.3) is 10.2 Å². The van der Waals surface area contributed by atoms with E-state index in [2.05, 4.69) is 21.2 Å². The van der Waals surface area contributed by atoms with Crippen molar-refractivity contribution in [3.63, 3.8) is 0 Å². The molecule has 0 aliphatic carbocycles. The molecular weight excluding hydrogens is 218 g/mol. The Balaban J connectivity index is 2.53. The number of hydrogen-bond acceptors (Lipinski definition) is 4. The number of rotatable bonds is 2. The van der Waals surface area contributed by atoms with Crippen molar-refractivity contribution >= 4 is 39.0 Å². The molecule has 0 saturated heterocycles. The molecule has 2 rings (SSSR count). The quantitative estimate of drug-likeness (QED) is 0.795. The molecule has 0 bridgehead atoms. The number of nitrogens with zero attached hydrogens (tertiary/aromatic N) is 2. The lowest BCUT2D eigenvalue weighted by molar-refractivity contribution is 1.20. The fourth-order valence-electron chi connectivity index (χ4n) is 1.11. The van der Waals surface area contributed by atoms with E-state index in [4.69, 9.17) is 18.0 Å². The summed E-state index contributed by atoms with van der Waals surface area (Å²) in [7, 11) is 0. The highest BCUT2D eigenvalue weighted by atomic mass is 35.5. The molecule has 0 aromatic carbocycles. The molecule has 0 saturated carbocycles. The summed E-state index contributed by atoms with van der Waals surface area (Å²) in [6, 6.07) is 0. The molecular formula is C9H6ClN3S. The lowest BCUT2D eigenvalue weighted by Crippen LogP contribution is -2.01. The van der Waals surface area contributed by atoms with Crippen LogP contribution in [-0.4, -0.2) is 16.5 Å². The van der Waals surface area contributed by atoms with Gasteiger partial charge in [0.05, 0.1) is 17.0 Å². The van der Waals surface area contributed by atoms with Crippen LogP contribution in [-0.2, 0) is 0 Å². The molecule has 0 aliphatic rings. The standard InChI is InChI=1S/C9H6ClN3S/c1-2-3-11-8-7-6(10)4-14-9(7)13-5-12-8/h1,4-5H,3H2,(H,11,12,13). The van der Waals surface area contributed by atoms with Crippen molar-refractivity contribution in [2.45, 2.75) is 0 Å². The van der Waals surface area contributed by atoms with E-state index in [1.807, 2.05) is 5.38 Å². The van der Waals surface area contributed by atoms with Crippen molar-refractivity contribution in [3.05, 3.63) is 16.7 Å². The van der Waals surface area contributed by atoms with Gasteiger partial charge in [0.2, 0.25) is 0 Å². The molecule has 0 radical (unpaired) electrons. The van der Waals surface area contributed by atoms with Gasteiger partial charge in [-0.2, -0.15) is 0 Å². The van der Waals surface area contributed by atoms with Crippen LogP contribution in [0.2, 0.25) is 5.02 Å². The summed E-state index contributed by atoms with van der Waals surface area (Å²) in [5, 5.41) is 6.33. The number of fused-ring (bicyclic) bond motifs is 1. The summed E-state index contributed by atoms with van der Waals surface area (Å²) in [5.41, 5.74) is 0. The fourth-order valence-corrected chi connectivity index (χ4v) is 2.24. The SMILES string of the molecule is C#CCNc1ncnc2scc(Cl)c12. The number of thiophene rings is 1. The van der Waals surface area contributed by atoms with E-state index in [1.54, 1.807) is 0 Å². The molecule has 1 N–H and O–H groups in total. The van der Waals surface area contributed by atoms with Crippen LogP contribution in [0.5, 0.6) is 0 Å². The monoisotopic (exact) mass is 223 g/mol. The topological polar surface area (TPSA) is 37.8 Å². The maximum atomic E-state index is 6.00. The summed E-state index contributed by atoms with van der Waals surface area (Å²) < 4.78 is 0. The second-order valence-corrected chi connectivity index (χ2v) is 3.81. The summed E-state index contributed by atoms with van der Waals surface area (Å²) in [6.07, 6.45) is 6.64. The molecule has 2 heterocycles. The smallest absolute Gasteiger partial charge is 0.140 e. The molecule has 3 nitrogen and oxygen atoms in total. The number of hydrogen-bond donors (Lipinski definition) is 1. The van der Waals surface area contributed by atoms with E-state index < -0.39 is 0 Å². The zero-order valence-corrected chi connectivity index (χ0v) is 8.69. The number of anilines is 1. The summed E-state index contributed by atoms with van der Waals surface area (Å²) in [5.74, 6) is 3.18. The molecule has 14 heavy (non-hydrogen) atoms. The maximum Gasteiger partial charge on any atom is 0.140 e. The third-order valence-corrected chi connectivity index (χ3v) is 3.00. The van der Waals surface area contributed by atoms with Gasteiger partial charge in [-0.3, -0.25) is 0 Å². The van der Waals surface area contributed by atoms with Crippen molar-refractivity contribution < 1.29 is 0 Å². The van der Waals surface area contributed by atoms with Gasteiger partial charge < -0.3 is 5.32 Å². The Morgan fingerprint density at radius 3 is 3.21 bits per heavy atom. The van der Waals surface area contributed by atoms with Crippen LogP contribution < -0.4 is 5.32 Å². The van der Waals surface area contributed by atoms with Crippen LogP contribution in [0.15, 0.2) is 11.7 Å². The molecule has 5 heteroatoms. The van der Waals surface area contributed by atoms with E-state index in [0.717, 1.165) is 10.2 Å². The second-order valence-electron chi connectivity index (χ2n) is 2.54. The number of aromatic nitrogens is 2. The van der Waals surface area contributed by atoms with Gasteiger partial charge in [-0.1, -0.05) is 17.5 Å². The predicted molar refractivity (Wildman–Crippen MR) is 59.7 cm³/mol. The second kappa shape index (κ2) is 3.82. The summed E-state index contributed by atoms with van der Waals surface area (Å²) in [4.78, 5) is 9.05. The van der Waals surface area contributed by atoms with Crippen LogP contribution >= 0.6 is 22.9 Å². The van der Waals surface area contributed by atoms with Crippen LogP contribution in [0, 0.1) is 12.3 Å². The van der Waals surface area contributed by atoms with Gasteiger partial charge in [-0.15, -0.1) is 17.8 Å². The number of halogens is 1. The molecule has 0 unspecified atom stereocenters.